The van der Waals surface area contributed by atoms with Gasteiger partial charge in [-0.3, -0.25) is 19.4 Å². The molecule has 0 saturated carbocycles. The van der Waals surface area contributed by atoms with Gasteiger partial charge in [0.15, 0.2) is 0 Å². The predicted octanol–water partition coefficient (Wildman–Crippen LogP) is 1.72. The second kappa shape index (κ2) is 5.43. The van der Waals surface area contributed by atoms with Gasteiger partial charge in [-0.2, -0.15) is 0 Å². The SMILES string of the molecule is C[C@H]1O[C@H](C(C)(C)C)N2C(=O)[C@]34C=C[C@H](O3)[C@@H](O)c3ccccc3N4C(=O)[C@H]12. The van der Waals surface area contributed by atoms with Crippen LogP contribution in [0.5, 0.6) is 0 Å². The van der Waals surface area contributed by atoms with Crippen LogP contribution in [0.25, 0.3) is 0 Å². The number of benzene rings is 1. The molecule has 0 unspecified atom stereocenters. The van der Waals surface area contributed by atoms with Gasteiger partial charge in [0.25, 0.3) is 11.8 Å². The van der Waals surface area contributed by atoms with Crippen LogP contribution in [0.4, 0.5) is 5.69 Å². The minimum absolute atomic E-state index is 0.259. The fourth-order valence-corrected chi connectivity index (χ4v) is 4.81. The van der Waals surface area contributed by atoms with Crippen molar-refractivity contribution >= 4 is 17.5 Å². The van der Waals surface area contributed by atoms with Crippen molar-refractivity contribution in [2.75, 3.05) is 4.90 Å². The highest BCUT2D eigenvalue weighted by Crippen LogP contribution is 2.50. The van der Waals surface area contributed by atoms with Crippen molar-refractivity contribution in [3.63, 3.8) is 0 Å². The highest BCUT2D eigenvalue weighted by molar-refractivity contribution is 6.12. The Labute approximate surface area is 163 Å². The lowest BCUT2D eigenvalue weighted by atomic mass is 9.90. The molecule has 1 aromatic carbocycles. The largest absolute Gasteiger partial charge is 0.385 e. The van der Waals surface area contributed by atoms with Crippen LogP contribution in [0, 0.1) is 5.41 Å². The Hall–Kier alpha value is -2.22. The molecule has 1 aromatic rings. The van der Waals surface area contributed by atoms with E-state index in [9.17, 15) is 14.7 Å². The normalized spacial score (nSPS) is 39.0. The summed E-state index contributed by atoms with van der Waals surface area (Å²) in [6.45, 7) is 7.76. The number of nitrogens with zero attached hydrogens (tertiary/aromatic N) is 2. The summed E-state index contributed by atoms with van der Waals surface area (Å²) in [5.74, 6) is -0.588. The first-order valence-corrected chi connectivity index (χ1v) is 9.63. The maximum atomic E-state index is 13.8. The molecule has 2 amide bonds. The smallest absolute Gasteiger partial charge is 0.283 e. The minimum Gasteiger partial charge on any atom is -0.385 e. The van der Waals surface area contributed by atoms with Crippen LogP contribution in [0.3, 0.4) is 0 Å². The lowest BCUT2D eigenvalue weighted by Gasteiger charge is -2.49. The summed E-state index contributed by atoms with van der Waals surface area (Å²) in [5, 5.41) is 10.8. The summed E-state index contributed by atoms with van der Waals surface area (Å²) in [7, 11) is 0. The van der Waals surface area contributed by atoms with Crippen LogP contribution in [-0.4, -0.2) is 52.0 Å². The third kappa shape index (κ3) is 2.04. The number of piperazine rings is 1. The molecule has 2 fully saturated rings. The third-order valence-electron chi connectivity index (χ3n) is 6.06. The van der Waals surface area contributed by atoms with Gasteiger partial charge in [0.2, 0.25) is 5.72 Å². The summed E-state index contributed by atoms with van der Waals surface area (Å²) in [4.78, 5) is 30.5. The quantitative estimate of drug-likeness (QED) is 0.689. The van der Waals surface area contributed by atoms with Gasteiger partial charge >= 0.3 is 0 Å². The van der Waals surface area contributed by atoms with Crippen molar-refractivity contribution in [3.05, 3.63) is 42.0 Å². The first kappa shape index (κ1) is 17.8. The van der Waals surface area contributed by atoms with Crippen molar-refractivity contribution in [2.45, 2.75) is 64.0 Å². The summed E-state index contributed by atoms with van der Waals surface area (Å²) in [6, 6.07) is 6.38. The van der Waals surface area contributed by atoms with Crippen molar-refractivity contribution in [2.24, 2.45) is 5.41 Å². The van der Waals surface area contributed by atoms with Crippen molar-refractivity contribution in [1.82, 2.24) is 4.90 Å². The molecule has 1 spiro atoms. The monoisotopic (exact) mass is 384 g/mol. The molecular formula is C21H24N2O5. The molecule has 7 nitrogen and oxygen atoms in total. The number of para-hydroxylation sites is 1. The Kier molecular flexibility index (Phi) is 3.46. The lowest BCUT2D eigenvalue weighted by molar-refractivity contribution is -0.177. The Morgan fingerprint density at radius 2 is 1.89 bits per heavy atom. The highest BCUT2D eigenvalue weighted by Gasteiger charge is 2.67. The molecule has 148 valence electrons. The number of hydrogen-bond donors (Lipinski definition) is 1. The van der Waals surface area contributed by atoms with Crippen LogP contribution in [0.1, 0.15) is 39.4 Å². The van der Waals surface area contributed by atoms with E-state index in [0.717, 1.165) is 0 Å². The third-order valence-corrected chi connectivity index (χ3v) is 6.06. The van der Waals surface area contributed by atoms with E-state index in [-0.39, 0.29) is 17.2 Å². The lowest BCUT2D eigenvalue weighted by Crippen LogP contribution is -2.73. The standard InChI is InChI=1S/C21H24N2O5/c1-11-15-17(25)23-13-8-6-5-7-12(13)16(24)14-9-10-21(23,28-14)18(26)22(15)19(27-11)20(2,3)4/h5-11,14-16,19,24H,1-4H3/t11-,14+,15+,16+,19-,21+/m1/s1. The minimum atomic E-state index is -1.59. The fraction of sp³-hybridized carbons (Fsp3) is 0.524. The molecule has 5 rings (SSSR count). The highest BCUT2D eigenvalue weighted by atomic mass is 16.6. The number of carbonyl (C=O) groups is 2. The average molecular weight is 384 g/mol. The fourth-order valence-electron chi connectivity index (χ4n) is 4.81. The number of anilines is 1. The molecule has 6 atom stereocenters. The zero-order valence-electron chi connectivity index (χ0n) is 16.3. The van der Waals surface area contributed by atoms with Gasteiger partial charge in [-0.15, -0.1) is 0 Å². The summed E-state index contributed by atoms with van der Waals surface area (Å²) >= 11 is 0. The topological polar surface area (TPSA) is 79.3 Å². The molecule has 1 N–H and O–H groups in total. The Balaban J connectivity index is 1.72. The number of amides is 2. The summed E-state index contributed by atoms with van der Waals surface area (Å²) in [5.41, 5.74) is -0.886. The van der Waals surface area contributed by atoms with E-state index in [2.05, 4.69) is 0 Å². The predicted molar refractivity (Wildman–Crippen MR) is 100 cm³/mol. The average Bonchev–Trinajstić information content (AvgIpc) is 3.19. The van der Waals surface area contributed by atoms with Crippen LogP contribution in [-0.2, 0) is 19.1 Å². The summed E-state index contributed by atoms with van der Waals surface area (Å²) in [6.07, 6.45) is 0.634. The molecular weight excluding hydrogens is 360 g/mol. The molecule has 4 aliphatic heterocycles. The Morgan fingerprint density at radius 1 is 1.18 bits per heavy atom. The number of fused-ring (bicyclic) bond motifs is 4. The van der Waals surface area contributed by atoms with E-state index in [1.54, 1.807) is 41.3 Å². The van der Waals surface area contributed by atoms with Crippen molar-refractivity contribution in [1.29, 1.82) is 0 Å². The van der Waals surface area contributed by atoms with Gasteiger partial charge < -0.3 is 14.6 Å². The number of aliphatic hydroxyl groups excluding tert-OH is 1. The van der Waals surface area contributed by atoms with Crippen LogP contribution in [0.15, 0.2) is 36.4 Å². The van der Waals surface area contributed by atoms with Crippen LogP contribution in [0.2, 0.25) is 0 Å². The first-order valence-electron chi connectivity index (χ1n) is 9.63. The van der Waals surface area contributed by atoms with Gasteiger partial charge in [0.05, 0.1) is 11.8 Å². The molecule has 28 heavy (non-hydrogen) atoms. The molecule has 4 heterocycles. The molecule has 2 saturated heterocycles. The van der Waals surface area contributed by atoms with E-state index < -0.39 is 36.3 Å². The maximum absolute atomic E-state index is 13.8. The number of hydrogen-bond acceptors (Lipinski definition) is 5. The van der Waals surface area contributed by atoms with Gasteiger partial charge in [-0.1, -0.05) is 45.0 Å². The number of aliphatic hydroxyl groups is 1. The van der Waals surface area contributed by atoms with E-state index in [0.29, 0.717) is 11.3 Å². The van der Waals surface area contributed by atoms with Crippen LogP contribution >= 0.6 is 0 Å². The summed E-state index contributed by atoms with van der Waals surface area (Å²) < 4.78 is 12.2. The van der Waals surface area contributed by atoms with E-state index in [1.807, 2.05) is 27.7 Å². The van der Waals surface area contributed by atoms with Gasteiger partial charge in [0, 0.05) is 11.0 Å². The van der Waals surface area contributed by atoms with E-state index >= 15 is 0 Å². The van der Waals surface area contributed by atoms with E-state index in [4.69, 9.17) is 9.47 Å². The maximum Gasteiger partial charge on any atom is 0.283 e. The second-order valence-electron chi connectivity index (χ2n) is 9.03. The zero-order valence-corrected chi connectivity index (χ0v) is 16.3. The molecule has 0 radical (unpaired) electrons. The molecule has 7 heteroatoms. The van der Waals surface area contributed by atoms with Crippen molar-refractivity contribution in [3.8, 4) is 0 Å². The number of rotatable bonds is 0. The molecule has 2 bridgehead atoms. The van der Waals surface area contributed by atoms with Gasteiger partial charge in [0.1, 0.15) is 24.5 Å². The first-order chi connectivity index (χ1) is 13.2. The zero-order chi connectivity index (χ0) is 20.0. The Bertz CT molecular complexity index is 906. The number of carbonyl (C=O) groups excluding carboxylic acids is 2. The molecule has 0 aromatic heterocycles. The Morgan fingerprint density at radius 3 is 2.61 bits per heavy atom. The molecule has 4 aliphatic rings. The van der Waals surface area contributed by atoms with Gasteiger partial charge in [-0.25, -0.2) is 0 Å². The number of ether oxygens (including phenoxy) is 2. The second-order valence-corrected chi connectivity index (χ2v) is 9.03. The van der Waals surface area contributed by atoms with Crippen LogP contribution < -0.4 is 4.90 Å². The van der Waals surface area contributed by atoms with Gasteiger partial charge in [-0.05, 0) is 19.1 Å². The van der Waals surface area contributed by atoms with E-state index in [1.165, 1.54) is 4.90 Å². The molecule has 0 aliphatic carbocycles. The van der Waals surface area contributed by atoms with Crippen molar-refractivity contribution < 1.29 is 24.2 Å².